The van der Waals surface area contributed by atoms with Gasteiger partial charge in [0.1, 0.15) is 5.75 Å². The number of allylic oxidation sites excluding steroid dienone is 3. The van der Waals surface area contributed by atoms with E-state index in [9.17, 15) is 5.11 Å². The number of aliphatic hydroxyl groups is 1. The van der Waals surface area contributed by atoms with Crippen molar-refractivity contribution in [3.05, 3.63) is 59.9 Å². The van der Waals surface area contributed by atoms with E-state index in [1.165, 1.54) is 0 Å². The van der Waals surface area contributed by atoms with Crippen molar-refractivity contribution in [2.24, 2.45) is 0 Å². The average molecular weight is 198 g/mol. The average Bonchev–Trinajstić information content (AvgIpc) is 2.29. The molecule has 0 aromatic heterocycles. The van der Waals surface area contributed by atoms with E-state index in [1.807, 2.05) is 36.4 Å². The Kier molecular flexibility index (Phi) is 1.76. The molecule has 2 nitrogen and oxygen atoms in total. The molecule has 0 saturated carbocycles. The summed E-state index contributed by atoms with van der Waals surface area (Å²) in [5.74, 6) is 0.843. The number of hydrogen-bond acceptors (Lipinski definition) is 2. The minimum atomic E-state index is -0.497. The summed E-state index contributed by atoms with van der Waals surface area (Å²) in [6.07, 6.45) is 6.69. The molecule has 0 saturated heterocycles. The van der Waals surface area contributed by atoms with E-state index in [4.69, 9.17) is 4.74 Å². The Bertz CT molecular complexity index is 495. The minimum absolute atomic E-state index is 0.497. The first kappa shape index (κ1) is 8.50. The van der Waals surface area contributed by atoms with Crippen molar-refractivity contribution in [1.82, 2.24) is 0 Å². The summed E-state index contributed by atoms with van der Waals surface area (Å²) in [6, 6.07) is 7.83. The Morgan fingerprint density at radius 2 is 2.07 bits per heavy atom. The highest BCUT2D eigenvalue weighted by atomic mass is 16.5. The second-order valence-electron chi connectivity index (χ2n) is 3.62. The third-order valence-electron chi connectivity index (χ3n) is 2.61. The molecule has 2 aliphatic rings. The molecule has 1 heterocycles. The highest BCUT2D eigenvalue weighted by Crippen LogP contribution is 2.37. The molecule has 1 unspecified atom stereocenters. The van der Waals surface area contributed by atoms with Crippen LogP contribution in [0.5, 0.6) is 5.75 Å². The van der Waals surface area contributed by atoms with Crippen molar-refractivity contribution in [3.63, 3.8) is 0 Å². The Hall–Kier alpha value is -1.80. The van der Waals surface area contributed by atoms with Crippen molar-refractivity contribution in [3.8, 4) is 5.75 Å². The molecule has 1 atom stereocenters. The predicted octanol–water partition coefficient (Wildman–Crippen LogP) is 2.28. The first-order valence-electron chi connectivity index (χ1n) is 4.89. The van der Waals surface area contributed by atoms with E-state index in [0.29, 0.717) is 0 Å². The fraction of sp³-hybridized carbons (Fsp3) is 0.0769. The van der Waals surface area contributed by atoms with Crippen LogP contribution in [0.2, 0.25) is 0 Å². The van der Waals surface area contributed by atoms with Crippen molar-refractivity contribution in [2.75, 3.05) is 0 Å². The predicted molar refractivity (Wildman–Crippen MR) is 58.3 cm³/mol. The summed E-state index contributed by atoms with van der Waals surface area (Å²) < 4.78 is 5.49. The quantitative estimate of drug-likeness (QED) is 0.693. The molecule has 0 bridgehead atoms. The summed E-state index contributed by atoms with van der Waals surface area (Å²) in [7, 11) is 0. The summed E-state index contributed by atoms with van der Waals surface area (Å²) in [5.41, 5.74) is 3.10. The van der Waals surface area contributed by atoms with Gasteiger partial charge in [-0.25, -0.2) is 0 Å². The van der Waals surface area contributed by atoms with Gasteiger partial charge in [-0.15, -0.1) is 0 Å². The maximum Gasteiger partial charge on any atom is 0.134 e. The molecule has 15 heavy (non-hydrogen) atoms. The van der Waals surface area contributed by atoms with Crippen LogP contribution in [0.3, 0.4) is 0 Å². The van der Waals surface area contributed by atoms with Gasteiger partial charge in [-0.3, -0.25) is 0 Å². The molecule has 0 spiro atoms. The van der Waals surface area contributed by atoms with Gasteiger partial charge in [0.25, 0.3) is 0 Å². The first-order chi connectivity index (χ1) is 7.34. The number of fused-ring (bicyclic) bond motifs is 3. The molecule has 1 aliphatic heterocycles. The zero-order valence-electron chi connectivity index (χ0n) is 8.05. The molecule has 0 amide bonds. The van der Waals surface area contributed by atoms with Crippen LogP contribution in [0.1, 0.15) is 5.56 Å². The van der Waals surface area contributed by atoms with E-state index >= 15 is 0 Å². The second-order valence-corrected chi connectivity index (χ2v) is 3.62. The molecule has 3 rings (SSSR count). The monoisotopic (exact) mass is 198 g/mol. The Balaban J connectivity index is 2.18. The normalized spacial score (nSPS) is 22.1. The number of aliphatic hydroxyl groups excluding tert-OH is 1. The molecule has 1 N–H and O–H groups in total. The molecule has 0 fully saturated rings. The summed E-state index contributed by atoms with van der Waals surface area (Å²) in [4.78, 5) is 0. The zero-order chi connectivity index (χ0) is 10.3. The van der Waals surface area contributed by atoms with Crippen molar-refractivity contribution < 1.29 is 9.84 Å². The SMILES string of the molecule is OC1C=CC2=COc3ccccc3C2=C1. The molecule has 1 aromatic carbocycles. The number of rotatable bonds is 0. The first-order valence-corrected chi connectivity index (χ1v) is 4.89. The minimum Gasteiger partial charge on any atom is -0.464 e. The van der Waals surface area contributed by atoms with Crippen LogP contribution in [0.15, 0.2) is 54.3 Å². The van der Waals surface area contributed by atoms with Gasteiger partial charge in [0.15, 0.2) is 0 Å². The second kappa shape index (κ2) is 3.11. The Morgan fingerprint density at radius 3 is 3.00 bits per heavy atom. The van der Waals surface area contributed by atoms with E-state index in [-0.39, 0.29) is 0 Å². The molecule has 1 aromatic rings. The molecule has 2 heteroatoms. The number of ether oxygens (including phenoxy) is 1. The molecule has 74 valence electrons. The Labute approximate surface area is 87.8 Å². The van der Waals surface area contributed by atoms with Crippen LogP contribution in [-0.4, -0.2) is 11.2 Å². The van der Waals surface area contributed by atoms with Crippen LogP contribution in [0, 0.1) is 0 Å². The van der Waals surface area contributed by atoms with Crippen LogP contribution in [0.4, 0.5) is 0 Å². The largest absolute Gasteiger partial charge is 0.464 e. The maximum absolute atomic E-state index is 9.54. The lowest BCUT2D eigenvalue weighted by molar-refractivity contribution is 0.271. The van der Waals surface area contributed by atoms with Crippen molar-refractivity contribution in [2.45, 2.75) is 6.10 Å². The van der Waals surface area contributed by atoms with E-state index < -0.39 is 6.10 Å². The third-order valence-corrected chi connectivity index (χ3v) is 2.61. The highest BCUT2D eigenvalue weighted by molar-refractivity contribution is 5.87. The lowest BCUT2D eigenvalue weighted by Gasteiger charge is -2.21. The number of benzene rings is 1. The van der Waals surface area contributed by atoms with Gasteiger partial charge >= 0.3 is 0 Å². The van der Waals surface area contributed by atoms with E-state index in [2.05, 4.69) is 0 Å². The van der Waals surface area contributed by atoms with Gasteiger partial charge in [0.2, 0.25) is 0 Å². The summed E-state index contributed by atoms with van der Waals surface area (Å²) in [5, 5.41) is 9.54. The third kappa shape index (κ3) is 1.30. The van der Waals surface area contributed by atoms with Gasteiger partial charge in [-0.2, -0.15) is 0 Å². The standard InChI is InChI=1S/C13H10O2/c14-10-6-5-9-8-15-13-4-2-1-3-11(13)12(9)7-10/h1-8,10,14H. The van der Waals surface area contributed by atoms with Crippen molar-refractivity contribution in [1.29, 1.82) is 0 Å². The van der Waals surface area contributed by atoms with Crippen LogP contribution >= 0.6 is 0 Å². The van der Waals surface area contributed by atoms with Crippen molar-refractivity contribution >= 4 is 5.57 Å². The van der Waals surface area contributed by atoms with Gasteiger partial charge in [-0.05, 0) is 17.7 Å². The maximum atomic E-state index is 9.54. The number of hydrogen-bond donors (Lipinski definition) is 1. The summed E-state index contributed by atoms with van der Waals surface area (Å²) in [6.45, 7) is 0. The fourth-order valence-corrected chi connectivity index (χ4v) is 1.88. The van der Waals surface area contributed by atoms with Gasteiger partial charge in [-0.1, -0.05) is 30.4 Å². The molecule has 1 aliphatic carbocycles. The smallest absolute Gasteiger partial charge is 0.134 e. The Morgan fingerprint density at radius 1 is 1.20 bits per heavy atom. The van der Waals surface area contributed by atoms with E-state index in [1.54, 1.807) is 12.3 Å². The molecular formula is C13H10O2. The topological polar surface area (TPSA) is 29.5 Å². The van der Waals surface area contributed by atoms with Crippen LogP contribution in [-0.2, 0) is 0 Å². The molecule has 0 radical (unpaired) electrons. The zero-order valence-corrected chi connectivity index (χ0v) is 8.05. The summed E-state index contributed by atoms with van der Waals surface area (Å²) >= 11 is 0. The van der Waals surface area contributed by atoms with Crippen LogP contribution < -0.4 is 4.74 Å². The van der Waals surface area contributed by atoms with Gasteiger partial charge in [0, 0.05) is 11.1 Å². The molecular weight excluding hydrogens is 188 g/mol. The fourth-order valence-electron chi connectivity index (χ4n) is 1.88. The lowest BCUT2D eigenvalue weighted by Crippen LogP contribution is -2.09. The number of para-hydroxylation sites is 1. The highest BCUT2D eigenvalue weighted by Gasteiger charge is 2.19. The van der Waals surface area contributed by atoms with Gasteiger partial charge in [0.05, 0.1) is 12.4 Å². The van der Waals surface area contributed by atoms with E-state index in [0.717, 1.165) is 22.5 Å². The van der Waals surface area contributed by atoms with Crippen LogP contribution in [0.25, 0.3) is 5.57 Å². The lowest BCUT2D eigenvalue weighted by atomic mass is 9.91. The van der Waals surface area contributed by atoms with Gasteiger partial charge < -0.3 is 9.84 Å².